The van der Waals surface area contributed by atoms with Gasteiger partial charge in [0.2, 0.25) is 0 Å². The summed E-state index contributed by atoms with van der Waals surface area (Å²) >= 11 is 0. The second-order valence-corrected chi connectivity index (χ2v) is 4.10. The highest BCUT2D eigenvalue weighted by Crippen LogP contribution is 2.18. The zero-order valence-electron chi connectivity index (χ0n) is 10.5. The Labute approximate surface area is 109 Å². The summed E-state index contributed by atoms with van der Waals surface area (Å²) in [5, 5.41) is 4.30. The summed E-state index contributed by atoms with van der Waals surface area (Å²) in [4.78, 5) is 15.0. The van der Waals surface area contributed by atoms with E-state index in [1.807, 2.05) is 43.3 Å². The lowest BCUT2D eigenvalue weighted by molar-refractivity contribution is 0.326. The van der Waals surface area contributed by atoms with Gasteiger partial charge >= 0.3 is 0 Å². The average molecular weight is 255 g/mol. The van der Waals surface area contributed by atoms with Gasteiger partial charge < -0.3 is 9.72 Å². The predicted molar refractivity (Wildman–Crippen MR) is 72.4 cm³/mol. The van der Waals surface area contributed by atoms with Crippen LogP contribution < -0.4 is 10.3 Å². The zero-order chi connectivity index (χ0) is 13.2. The Bertz CT molecular complexity index is 759. The van der Waals surface area contributed by atoms with Gasteiger partial charge in [-0.05, 0) is 6.92 Å². The largest absolute Gasteiger partial charge is 0.479 e. The fraction of sp³-hybridized carbons (Fsp3) is 0.143. The molecule has 96 valence electrons. The number of rotatable bonds is 3. The third-order valence-electron chi connectivity index (χ3n) is 2.79. The quantitative estimate of drug-likeness (QED) is 0.779. The van der Waals surface area contributed by atoms with Crippen molar-refractivity contribution in [2.45, 2.75) is 6.92 Å². The smallest absolute Gasteiger partial charge is 0.278 e. The second kappa shape index (κ2) is 4.61. The maximum atomic E-state index is 11.9. The van der Waals surface area contributed by atoms with Crippen LogP contribution in [0.15, 0.2) is 47.3 Å². The van der Waals surface area contributed by atoms with Gasteiger partial charge in [0.15, 0.2) is 5.88 Å². The van der Waals surface area contributed by atoms with E-state index in [4.69, 9.17) is 4.74 Å². The molecule has 0 atom stereocenters. The Morgan fingerprint density at radius 2 is 2.05 bits per heavy atom. The molecule has 2 aromatic heterocycles. The molecule has 2 heterocycles. The minimum atomic E-state index is -0.209. The molecule has 0 spiro atoms. The number of hydrogen-bond acceptors (Lipinski definition) is 3. The Morgan fingerprint density at radius 3 is 2.79 bits per heavy atom. The molecule has 0 amide bonds. The minimum Gasteiger partial charge on any atom is -0.479 e. The maximum Gasteiger partial charge on any atom is 0.278 e. The molecule has 5 nitrogen and oxygen atoms in total. The molecule has 0 fully saturated rings. The molecule has 0 saturated carbocycles. The van der Waals surface area contributed by atoms with E-state index in [1.165, 1.54) is 10.6 Å². The summed E-state index contributed by atoms with van der Waals surface area (Å²) in [6.45, 7) is 2.38. The Kier molecular flexibility index (Phi) is 2.79. The van der Waals surface area contributed by atoms with Gasteiger partial charge in [-0.2, -0.15) is 9.61 Å². The number of fused-ring (bicyclic) bond motifs is 1. The van der Waals surface area contributed by atoms with Gasteiger partial charge in [-0.15, -0.1) is 0 Å². The molecule has 1 aromatic carbocycles. The fourth-order valence-corrected chi connectivity index (χ4v) is 1.96. The summed E-state index contributed by atoms with van der Waals surface area (Å²) in [6, 6.07) is 13.0. The van der Waals surface area contributed by atoms with Crippen LogP contribution in [0.3, 0.4) is 0 Å². The van der Waals surface area contributed by atoms with Crippen molar-refractivity contribution in [3.63, 3.8) is 0 Å². The minimum absolute atomic E-state index is 0.209. The van der Waals surface area contributed by atoms with Crippen LogP contribution in [0.1, 0.15) is 6.92 Å². The van der Waals surface area contributed by atoms with Gasteiger partial charge in [0.25, 0.3) is 5.56 Å². The molecule has 3 rings (SSSR count). The molecule has 0 unspecified atom stereocenters. The van der Waals surface area contributed by atoms with E-state index in [9.17, 15) is 4.79 Å². The molecule has 5 heteroatoms. The lowest BCUT2D eigenvalue weighted by Gasteiger charge is -2.01. The summed E-state index contributed by atoms with van der Waals surface area (Å²) in [7, 11) is 0. The van der Waals surface area contributed by atoms with Crippen LogP contribution in [0.4, 0.5) is 0 Å². The van der Waals surface area contributed by atoms with E-state index < -0.39 is 0 Å². The van der Waals surface area contributed by atoms with Gasteiger partial charge in [-0.1, -0.05) is 30.3 Å². The van der Waals surface area contributed by atoms with Crippen molar-refractivity contribution in [2.75, 3.05) is 6.61 Å². The van der Waals surface area contributed by atoms with E-state index in [-0.39, 0.29) is 5.56 Å². The van der Waals surface area contributed by atoms with E-state index >= 15 is 0 Å². The number of ether oxygens (including phenoxy) is 1. The van der Waals surface area contributed by atoms with E-state index in [1.54, 1.807) is 0 Å². The first-order valence-corrected chi connectivity index (χ1v) is 6.09. The average Bonchev–Trinajstić information content (AvgIpc) is 2.85. The molecule has 19 heavy (non-hydrogen) atoms. The number of nitrogens with zero attached hydrogens (tertiary/aromatic N) is 2. The standard InChI is InChI=1S/C14H13N3O2/c1-2-19-13-9-14(18)17-12(15-13)8-11(16-17)10-6-4-3-5-7-10/h3-9,15H,2H2,1H3. The summed E-state index contributed by atoms with van der Waals surface area (Å²) in [5.41, 5.74) is 2.13. The first kappa shape index (κ1) is 11.5. The number of hydrogen-bond donors (Lipinski definition) is 1. The van der Waals surface area contributed by atoms with Crippen LogP contribution in [-0.4, -0.2) is 21.2 Å². The van der Waals surface area contributed by atoms with Crippen LogP contribution in [0.2, 0.25) is 0 Å². The molecule has 0 aliphatic rings. The Hall–Kier alpha value is -2.56. The Balaban J connectivity index is 2.16. The monoisotopic (exact) mass is 255 g/mol. The SMILES string of the molecule is CCOc1cc(=O)n2nc(-c3ccccc3)cc2[nH]1. The lowest BCUT2D eigenvalue weighted by atomic mass is 10.2. The van der Waals surface area contributed by atoms with Crippen molar-refractivity contribution in [2.24, 2.45) is 0 Å². The van der Waals surface area contributed by atoms with Gasteiger partial charge in [-0.3, -0.25) is 4.79 Å². The summed E-state index contributed by atoms with van der Waals surface area (Å²) in [6.07, 6.45) is 0. The van der Waals surface area contributed by atoms with Gasteiger partial charge in [0.05, 0.1) is 18.4 Å². The van der Waals surface area contributed by atoms with Crippen molar-refractivity contribution in [1.29, 1.82) is 0 Å². The third-order valence-corrected chi connectivity index (χ3v) is 2.79. The van der Waals surface area contributed by atoms with Gasteiger partial charge in [0.1, 0.15) is 5.65 Å². The zero-order valence-corrected chi connectivity index (χ0v) is 10.5. The molecule has 3 aromatic rings. The van der Waals surface area contributed by atoms with Crippen LogP contribution >= 0.6 is 0 Å². The van der Waals surface area contributed by atoms with Crippen molar-refractivity contribution in [3.05, 3.63) is 52.8 Å². The van der Waals surface area contributed by atoms with Crippen molar-refractivity contribution >= 4 is 5.65 Å². The van der Waals surface area contributed by atoms with Crippen molar-refractivity contribution in [1.82, 2.24) is 14.6 Å². The molecule has 0 radical (unpaired) electrons. The maximum absolute atomic E-state index is 11.9. The number of H-pyrrole nitrogens is 1. The molecule has 1 N–H and O–H groups in total. The fourth-order valence-electron chi connectivity index (χ4n) is 1.96. The summed E-state index contributed by atoms with van der Waals surface area (Å²) < 4.78 is 6.65. The molecular weight excluding hydrogens is 242 g/mol. The Morgan fingerprint density at radius 1 is 1.26 bits per heavy atom. The molecular formula is C14H13N3O2. The van der Waals surface area contributed by atoms with Gasteiger partial charge in [-0.25, -0.2) is 0 Å². The van der Waals surface area contributed by atoms with E-state index in [0.29, 0.717) is 18.1 Å². The van der Waals surface area contributed by atoms with Crippen molar-refractivity contribution in [3.8, 4) is 17.1 Å². The topological polar surface area (TPSA) is 59.4 Å². The van der Waals surface area contributed by atoms with Crippen molar-refractivity contribution < 1.29 is 4.74 Å². The van der Waals surface area contributed by atoms with E-state index in [0.717, 1.165) is 11.3 Å². The van der Waals surface area contributed by atoms with Crippen LogP contribution in [0, 0.1) is 0 Å². The number of aromatic nitrogens is 3. The van der Waals surface area contributed by atoms with Gasteiger partial charge in [0, 0.05) is 11.6 Å². The normalized spacial score (nSPS) is 10.8. The predicted octanol–water partition coefficient (Wildman–Crippen LogP) is 2.09. The molecule has 0 aliphatic carbocycles. The highest BCUT2D eigenvalue weighted by molar-refractivity contribution is 5.63. The number of benzene rings is 1. The highest BCUT2D eigenvalue weighted by Gasteiger charge is 2.08. The van der Waals surface area contributed by atoms with Crippen LogP contribution in [0.25, 0.3) is 16.9 Å². The first-order valence-electron chi connectivity index (χ1n) is 6.09. The van der Waals surface area contributed by atoms with Crippen LogP contribution in [-0.2, 0) is 0 Å². The lowest BCUT2D eigenvalue weighted by Crippen LogP contribution is -2.14. The first-order chi connectivity index (χ1) is 9.28. The molecule has 0 bridgehead atoms. The molecule has 0 aliphatic heterocycles. The number of aromatic amines is 1. The number of nitrogens with one attached hydrogen (secondary N) is 1. The second-order valence-electron chi connectivity index (χ2n) is 4.10. The van der Waals surface area contributed by atoms with Crippen LogP contribution in [0.5, 0.6) is 5.88 Å². The van der Waals surface area contributed by atoms with E-state index in [2.05, 4.69) is 10.1 Å². The summed E-state index contributed by atoms with van der Waals surface area (Å²) in [5.74, 6) is 0.458. The third kappa shape index (κ3) is 2.10. The molecule has 0 saturated heterocycles. The highest BCUT2D eigenvalue weighted by atomic mass is 16.5.